The van der Waals surface area contributed by atoms with Gasteiger partial charge in [0.15, 0.2) is 12.1 Å². The summed E-state index contributed by atoms with van der Waals surface area (Å²) in [7, 11) is 0. The van der Waals surface area contributed by atoms with E-state index in [0.29, 0.717) is 0 Å². The zero-order valence-electron chi connectivity index (χ0n) is 35.9. The number of amides is 2. The van der Waals surface area contributed by atoms with Crippen molar-refractivity contribution in [2.45, 2.75) is 137 Å². The fraction of sp³-hybridized carbons (Fsp3) is 0.674. The number of carboxylic acids is 2. The third kappa shape index (κ3) is 23.4. The van der Waals surface area contributed by atoms with Crippen LogP contribution in [0.5, 0.6) is 0 Å². The summed E-state index contributed by atoms with van der Waals surface area (Å²) in [6.45, 7) is 16.7. The molecule has 2 aliphatic heterocycles. The number of nitrogens with one attached hydrogen (secondary N) is 3. The van der Waals surface area contributed by atoms with Crippen molar-refractivity contribution in [3.8, 4) is 0 Å². The Morgan fingerprint density at radius 1 is 0.621 bits per heavy atom. The van der Waals surface area contributed by atoms with Gasteiger partial charge in [0.05, 0.1) is 51.0 Å². The molecule has 6 rings (SSSR count). The number of rotatable bonds is 12. The number of ether oxygens (including phenoxy) is 4. The maximum Gasteiger partial charge on any atom is 0.328 e. The van der Waals surface area contributed by atoms with E-state index in [2.05, 4.69) is 38.1 Å². The number of pyridine rings is 2. The van der Waals surface area contributed by atoms with E-state index in [-0.39, 0.29) is 26.4 Å². The molecule has 15 nitrogen and oxygen atoms in total. The molecule has 4 heterocycles. The van der Waals surface area contributed by atoms with E-state index in [1.54, 1.807) is 0 Å². The molecular formula is C43H71N5O10. The summed E-state index contributed by atoms with van der Waals surface area (Å²) >= 11 is 0. The number of carbonyl (C=O) groups is 4. The van der Waals surface area contributed by atoms with E-state index in [1.807, 2.05) is 39.8 Å². The van der Waals surface area contributed by atoms with Crippen LogP contribution in [0.1, 0.15) is 120 Å². The summed E-state index contributed by atoms with van der Waals surface area (Å²) in [4.78, 5) is 52.8. The van der Waals surface area contributed by atoms with E-state index in [9.17, 15) is 19.2 Å². The van der Waals surface area contributed by atoms with Crippen LogP contribution in [0.4, 0.5) is 0 Å². The van der Waals surface area contributed by atoms with E-state index >= 15 is 0 Å². The second-order valence-electron chi connectivity index (χ2n) is 13.5. The molecule has 0 radical (unpaired) electrons. The first kappa shape index (κ1) is 52.0. The summed E-state index contributed by atoms with van der Waals surface area (Å²) in [5, 5.41) is 25.8. The van der Waals surface area contributed by atoms with Gasteiger partial charge in [-0.2, -0.15) is 0 Å². The number of aromatic nitrogens is 2. The molecule has 4 aliphatic rings. The SMILES string of the molecule is C1CCOCC1.C1COCCN1.CC.CC.CC(=O)NC(COCc1ccc2c(n1)CCCC2)C(=O)O.CC(=O)NC(COCc1ccc2c(n1)CCCC2)C(=O)O. The van der Waals surface area contributed by atoms with Crippen LogP contribution < -0.4 is 16.0 Å². The molecule has 0 saturated carbocycles. The molecule has 328 valence electrons. The van der Waals surface area contributed by atoms with Gasteiger partial charge in [0.1, 0.15) is 0 Å². The second-order valence-corrected chi connectivity index (χ2v) is 13.5. The lowest BCUT2D eigenvalue weighted by molar-refractivity contribution is -0.144. The zero-order valence-corrected chi connectivity index (χ0v) is 35.9. The minimum atomic E-state index is -1.11. The van der Waals surface area contributed by atoms with Crippen molar-refractivity contribution in [1.29, 1.82) is 0 Å². The number of aryl methyl sites for hydroxylation is 4. The van der Waals surface area contributed by atoms with Crippen LogP contribution in [0.2, 0.25) is 0 Å². The van der Waals surface area contributed by atoms with Crippen molar-refractivity contribution in [2.24, 2.45) is 0 Å². The number of morpholine rings is 1. The highest BCUT2D eigenvalue weighted by Gasteiger charge is 2.20. The van der Waals surface area contributed by atoms with Crippen molar-refractivity contribution in [1.82, 2.24) is 25.9 Å². The fourth-order valence-electron chi connectivity index (χ4n) is 6.02. The standard InChI is InChI=1S/2C15H20N2O4.C5H10O.C4H9NO.2C2H6/c2*1-10(18)16-14(15(19)20)9-21-8-12-7-6-11-4-2-3-5-13(11)17-12;1-2-4-6-5-3-1;1-3-6-4-2-5-1;2*1-2/h2*6-7,14H,2-5,8-9H2,1H3,(H,16,18)(H,19,20);1-5H2;5H,1-4H2;2*1-2H3. The molecule has 2 unspecified atom stereocenters. The quantitative estimate of drug-likeness (QED) is 0.192. The summed E-state index contributed by atoms with van der Waals surface area (Å²) in [6.07, 6.45) is 12.8. The third-order valence-corrected chi connectivity index (χ3v) is 8.82. The molecule has 0 aromatic carbocycles. The van der Waals surface area contributed by atoms with Crippen LogP contribution in [0, 0.1) is 0 Å². The summed E-state index contributed by atoms with van der Waals surface area (Å²) in [5.41, 5.74) is 6.43. The first-order chi connectivity index (χ1) is 28.1. The van der Waals surface area contributed by atoms with Gasteiger partial charge in [0.25, 0.3) is 0 Å². The third-order valence-electron chi connectivity index (χ3n) is 8.82. The summed E-state index contributed by atoms with van der Waals surface area (Å²) < 4.78 is 20.8. The fourth-order valence-corrected chi connectivity index (χ4v) is 6.02. The van der Waals surface area contributed by atoms with Crippen molar-refractivity contribution in [2.75, 3.05) is 52.7 Å². The monoisotopic (exact) mass is 818 g/mol. The summed E-state index contributed by atoms with van der Waals surface area (Å²) in [5.74, 6) is -3.00. The average Bonchev–Trinajstić information content (AvgIpc) is 3.26. The van der Waals surface area contributed by atoms with Crippen molar-refractivity contribution < 1.29 is 48.3 Å². The van der Waals surface area contributed by atoms with E-state index in [1.165, 1.54) is 57.1 Å². The smallest absolute Gasteiger partial charge is 0.328 e. The molecule has 2 aromatic rings. The Kier molecular flexibility index (Phi) is 29.5. The average molecular weight is 818 g/mol. The Labute approximate surface area is 345 Å². The van der Waals surface area contributed by atoms with Crippen LogP contribution >= 0.6 is 0 Å². The lowest BCUT2D eigenvalue weighted by atomic mass is 9.96. The highest BCUT2D eigenvalue weighted by molar-refractivity contribution is 5.82. The van der Waals surface area contributed by atoms with Gasteiger partial charge in [-0.15, -0.1) is 0 Å². The number of nitrogens with zero attached hydrogens (tertiary/aromatic N) is 2. The largest absolute Gasteiger partial charge is 0.480 e. The molecule has 0 spiro atoms. The second kappa shape index (κ2) is 32.9. The van der Waals surface area contributed by atoms with Gasteiger partial charge in [-0.25, -0.2) is 9.59 Å². The van der Waals surface area contributed by atoms with Gasteiger partial charge in [-0.1, -0.05) is 39.8 Å². The Bertz CT molecular complexity index is 1320. The van der Waals surface area contributed by atoms with E-state index in [0.717, 1.165) is 101 Å². The normalized spacial score (nSPS) is 16.1. The van der Waals surface area contributed by atoms with Crippen LogP contribution in [0.15, 0.2) is 24.3 Å². The molecule has 2 fully saturated rings. The highest BCUT2D eigenvalue weighted by atomic mass is 16.5. The zero-order chi connectivity index (χ0) is 43.0. The van der Waals surface area contributed by atoms with Gasteiger partial charge >= 0.3 is 11.9 Å². The van der Waals surface area contributed by atoms with Crippen molar-refractivity contribution in [3.05, 3.63) is 58.2 Å². The Hall–Kier alpha value is -4.02. The molecule has 58 heavy (non-hydrogen) atoms. The van der Waals surface area contributed by atoms with Crippen LogP contribution in [-0.2, 0) is 77.0 Å². The Morgan fingerprint density at radius 3 is 1.31 bits per heavy atom. The first-order valence-corrected chi connectivity index (χ1v) is 21.1. The number of carboxylic acid groups (broad SMARTS) is 2. The van der Waals surface area contributed by atoms with Crippen LogP contribution in [0.25, 0.3) is 0 Å². The molecule has 2 aliphatic carbocycles. The Balaban J connectivity index is 0.000000422. The predicted octanol–water partition coefficient (Wildman–Crippen LogP) is 4.98. The van der Waals surface area contributed by atoms with E-state index < -0.39 is 35.8 Å². The van der Waals surface area contributed by atoms with Crippen LogP contribution in [0.3, 0.4) is 0 Å². The number of hydrogen-bond acceptors (Lipinski definition) is 11. The molecule has 15 heteroatoms. The van der Waals surface area contributed by atoms with Gasteiger partial charge in [0.2, 0.25) is 11.8 Å². The molecule has 2 saturated heterocycles. The van der Waals surface area contributed by atoms with Gasteiger partial charge in [-0.05, 0) is 93.9 Å². The number of hydrogen-bond donors (Lipinski definition) is 5. The van der Waals surface area contributed by atoms with E-state index in [4.69, 9.17) is 29.2 Å². The summed E-state index contributed by atoms with van der Waals surface area (Å²) in [6, 6.07) is 5.92. The number of aliphatic carboxylic acids is 2. The highest BCUT2D eigenvalue weighted by Crippen LogP contribution is 2.21. The molecule has 2 aromatic heterocycles. The minimum absolute atomic E-state index is 0.0757. The number of fused-ring (bicyclic) bond motifs is 2. The van der Waals surface area contributed by atoms with Gasteiger partial charge in [0, 0.05) is 51.5 Å². The molecule has 0 bridgehead atoms. The first-order valence-electron chi connectivity index (χ1n) is 21.1. The topological polar surface area (TPSA) is 208 Å². The lowest BCUT2D eigenvalue weighted by Crippen LogP contribution is -2.42. The lowest BCUT2D eigenvalue weighted by Gasteiger charge is -2.16. The Morgan fingerprint density at radius 2 is 1.02 bits per heavy atom. The molecule has 5 N–H and O–H groups in total. The molecular weight excluding hydrogens is 746 g/mol. The molecule has 2 atom stereocenters. The van der Waals surface area contributed by atoms with Gasteiger partial charge < -0.3 is 45.1 Å². The number of carbonyl (C=O) groups excluding carboxylic acids is 2. The van der Waals surface area contributed by atoms with Gasteiger partial charge in [-0.3, -0.25) is 19.6 Å². The minimum Gasteiger partial charge on any atom is -0.480 e. The van der Waals surface area contributed by atoms with Crippen molar-refractivity contribution >= 4 is 23.8 Å². The maximum atomic E-state index is 11.0. The predicted molar refractivity (Wildman–Crippen MR) is 223 cm³/mol. The van der Waals surface area contributed by atoms with Crippen molar-refractivity contribution in [3.63, 3.8) is 0 Å². The van der Waals surface area contributed by atoms with Crippen LogP contribution in [-0.4, -0.2) is 109 Å². The maximum absolute atomic E-state index is 11.0. The molecule has 2 amide bonds.